The molecule has 0 aliphatic carbocycles. The molecule has 1 aromatic heterocycles. The molecular weight excluding hydrogens is 312 g/mol. The predicted molar refractivity (Wildman–Crippen MR) is 92.7 cm³/mol. The van der Waals surface area contributed by atoms with Gasteiger partial charge in [-0.25, -0.2) is 0 Å². The first-order chi connectivity index (χ1) is 10.8. The molecule has 2 aromatic rings. The zero-order valence-corrected chi connectivity index (χ0v) is 13.9. The van der Waals surface area contributed by atoms with Crippen LogP contribution in [0.1, 0.15) is 18.4 Å². The third-order valence-corrected chi connectivity index (χ3v) is 4.34. The monoisotopic (exact) mass is 334 g/mol. The topological polar surface area (TPSA) is 59.0 Å². The molecule has 3 rings (SSSR count). The van der Waals surface area contributed by atoms with Crippen LogP contribution in [0.4, 0.5) is 0 Å². The molecule has 5 nitrogen and oxygen atoms in total. The molecule has 0 radical (unpaired) electrons. The van der Waals surface area contributed by atoms with Crippen molar-refractivity contribution in [1.82, 2.24) is 20.4 Å². The van der Waals surface area contributed by atoms with Gasteiger partial charge in [0.05, 0.1) is 0 Å². The van der Waals surface area contributed by atoms with Gasteiger partial charge in [0.15, 0.2) is 0 Å². The highest BCUT2D eigenvalue weighted by atomic mass is 35.5. The molecule has 1 aromatic carbocycles. The highest BCUT2D eigenvalue weighted by Crippen LogP contribution is 2.27. The Morgan fingerprint density at radius 1 is 1.22 bits per heavy atom. The Bertz CT molecular complexity index is 594. The summed E-state index contributed by atoms with van der Waals surface area (Å²) in [5.74, 6) is 0.0774. The van der Waals surface area contributed by atoms with Crippen LogP contribution in [-0.4, -0.2) is 35.3 Å². The van der Waals surface area contributed by atoms with Crippen molar-refractivity contribution in [2.75, 3.05) is 19.6 Å². The van der Waals surface area contributed by atoms with E-state index < -0.39 is 5.54 Å². The van der Waals surface area contributed by atoms with E-state index in [1.54, 1.807) is 6.20 Å². The molecule has 0 bridgehead atoms. The van der Waals surface area contributed by atoms with E-state index in [-0.39, 0.29) is 18.3 Å². The maximum absolute atomic E-state index is 12.8. The van der Waals surface area contributed by atoms with Crippen LogP contribution in [0, 0.1) is 0 Å². The average Bonchev–Trinajstić information content (AvgIpc) is 3.11. The minimum Gasteiger partial charge on any atom is -0.354 e. The molecule has 0 unspecified atom stereocenters. The van der Waals surface area contributed by atoms with Crippen LogP contribution in [-0.2, 0) is 16.8 Å². The quantitative estimate of drug-likeness (QED) is 0.875. The Balaban J connectivity index is 0.00000192. The maximum atomic E-state index is 12.8. The van der Waals surface area contributed by atoms with Crippen LogP contribution in [0.3, 0.4) is 0 Å². The number of nitrogens with one attached hydrogen (secondary N) is 2. The van der Waals surface area contributed by atoms with E-state index in [2.05, 4.69) is 27.9 Å². The average molecular weight is 335 g/mol. The highest BCUT2D eigenvalue weighted by molar-refractivity contribution is 5.85. The van der Waals surface area contributed by atoms with Crippen molar-refractivity contribution in [3.8, 4) is 0 Å². The summed E-state index contributed by atoms with van der Waals surface area (Å²) in [5.41, 5.74) is 0.687. The molecule has 6 heteroatoms. The van der Waals surface area contributed by atoms with Gasteiger partial charge in [0.1, 0.15) is 5.54 Å². The smallest absolute Gasteiger partial charge is 0.248 e. The lowest BCUT2D eigenvalue weighted by molar-refractivity contribution is -0.131. The molecule has 1 amide bonds. The number of hydrogen-bond donors (Lipinski definition) is 2. The number of rotatable bonds is 5. The molecule has 1 saturated heterocycles. The third kappa shape index (κ3) is 3.92. The molecule has 0 atom stereocenters. The number of piperidine rings is 1. The van der Waals surface area contributed by atoms with E-state index >= 15 is 0 Å². The number of halogens is 1. The van der Waals surface area contributed by atoms with Crippen LogP contribution in [0.5, 0.6) is 0 Å². The van der Waals surface area contributed by atoms with Crippen molar-refractivity contribution < 1.29 is 4.79 Å². The van der Waals surface area contributed by atoms with E-state index in [0.29, 0.717) is 6.54 Å². The standard InChI is InChI=1S/C17H22N4O.ClH/c22-16(19-11-7-15-5-2-1-3-6-15)17(8-12-18-13-9-17)21-14-4-10-20-21;/h1-6,10,14,18H,7-9,11-13H2,(H,19,22);1H. The molecule has 1 aliphatic rings. The number of benzene rings is 1. The summed E-state index contributed by atoms with van der Waals surface area (Å²) in [6.45, 7) is 2.33. The molecule has 0 saturated carbocycles. The third-order valence-electron chi connectivity index (χ3n) is 4.34. The second-order valence-corrected chi connectivity index (χ2v) is 5.72. The van der Waals surface area contributed by atoms with E-state index in [1.807, 2.05) is 35.1 Å². The first-order valence-electron chi connectivity index (χ1n) is 7.84. The van der Waals surface area contributed by atoms with E-state index in [0.717, 1.165) is 32.4 Å². The predicted octanol–water partition coefficient (Wildman–Crippen LogP) is 1.74. The molecule has 2 N–H and O–H groups in total. The lowest BCUT2D eigenvalue weighted by Crippen LogP contribution is -2.54. The summed E-state index contributed by atoms with van der Waals surface area (Å²) in [4.78, 5) is 12.8. The zero-order chi connectivity index (χ0) is 15.3. The van der Waals surface area contributed by atoms with E-state index in [1.165, 1.54) is 5.56 Å². The SMILES string of the molecule is Cl.O=C(NCCc1ccccc1)C1(n2cccn2)CCNCC1. The van der Waals surface area contributed by atoms with Gasteiger partial charge in [-0.3, -0.25) is 9.48 Å². The second-order valence-electron chi connectivity index (χ2n) is 5.72. The minimum atomic E-state index is -0.550. The summed E-state index contributed by atoms with van der Waals surface area (Å²) in [6.07, 6.45) is 6.01. The van der Waals surface area contributed by atoms with E-state index in [4.69, 9.17) is 0 Å². The maximum Gasteiger partial charge on any atom is 0.248 e. The summed E-state index contributed by atoms with van der Waals surface area (Å²) >= 11 is 0. The fourth-order valence-corrected chi connectivity index (χ4v) is 3.05. The van der Waals surface area contributed by atoms with Crippen LogP contribution in [0.15, 0.2) is 48.8 Å². The largest absolute Gasteiger partial charge is 0.354 e. The van der Waals surface area contributed by atoms with Crippen LogP contribution >= 0.6 is 12.4 Å². The van der Waals surface area contributed by atoms with Crippen LogP contribution in [0.2, 0.25) is 0 Å². The summed E-state index contributed by atoms with van der Waals surface area (Å²) < 4.78 is 1.83. The molecule has 1 fully saturated rings. The highest BCUT2D eigenvalue weighted by Gasteiger charge is 2.41. The van der Waals surface area contributed by atoms with Gasteiger partial charge in [0, 0.05) is 18.9 Å². The minimum absolute atomic E-state index is 0. The van der Waals surface area contributed by atoms with E-state index in [9.17, 15) is 4.79 Å². The Morgan fingerprint density at radius 3 is 2.61 bits per heavy atom. The molecule has 0 spiro atoms. The first kappa shape index (κ1) is 17.5. The van der Waals surface area contributed by atoms with Gasteiger partial charge in [-0.1, -0.05) is 30.3 Å². The van der Waals surface area contributed by atoms with Crippen molar-refractivity contribution in [2.45, 2.75) is 24.8 Å². The molecule has 23 heavy (non-hydrogen) atoms. The number of carbonyl (C=O) groups excluding carboxylic acids is 1. The van der Waals surface area contributed by atoms with Gasteiger partial charge in [-0.15, -0.1) is 12.4 Å². The van der Waals surface area contributed by atoms with Gasteiger partial charge >= 0.3 is 0 Å². The van der Waals surface area contributed by atoms with Gasteiger partial charge in [-0.2, -0.15) is 5.10 Å². The van der Waals surface area contributed by atoms with Gasteiger partial charge < -0.3 is 10.6 Å². The number of amides is 1. The Labute approximate surface area is 142 Å². The molecule has 1 aliphatic heterocycles. The molecule has 2 heterocycles. The normalized spacial score (nSPS) is 16.3. The number of aromatic nitrogens is 2. The van der Waals surface area contributed by atoms with Crippen LogP contribution in [0.25, 0.3) is 0 Å². The van der Waals surface area contributed by atoms with Crippen molar-refractivity contribution in [3.63, 3.8) is 0 Å². The number of nitrogens with zero attached hydrogens (tertiary/aromatic N) is 2. The van der Waals surface area contributed by atoms with Crippen molar-refractivity contribution in [2.24, 2.45) is 0 Å². The summed E-state index contributed by atoms with van der Waals surface area (Å²) in [7, 11) is 0. The van der Waals surface area contributed by atoms with Crippen molar-refractivity contribution in [3.05, 3.63) is 54.4 Å². The lowest BCUT2D eigenvalue weighted by atomic mass is 9.87. The first-order valence-corrected chi connectivity index (χ1v) is 7.84. The number of carbonyl (C=O) groups is 1. The van der Waals surface area contributed by atoms with Crippen LogP contribution < -0.4 is 10.6 Å². The zero-order valence-electron chi connectivity index (χ0n) is 13.1. The van der Waals surface area contributed by atoms with Crippen molar-refractivity contribution in [1.29, 1.82) is 0 Å². The molecular formula is C17H23ClN4O. The van der Waals surface area contributed by atoms with Crippen molar-refractivity contribution >= 4 is 18.3 Å². The Hall–Kier alpha value is -1.85. The fourth-order valence-electron chi connectivity index (χ4n) is 3.05. The van der Waals surface area contributed by atoms with Gasteiger partial charge in [-0.05, 0) is 44.0 Å². The van der Waals surface area contributed by atoms with Gasteiger partial charge in [0.25, 0.3) is 0 Å². The summed E-state index contributed by atoms with van der Waals surface area (Å²) in [6, 6.07) is 12.1. The summed E-state index contributed by atoms with van der Waals surface area (Å²) in [5, 5.41) is 10.7. The lowest BCUT2D eigenvalue weighted by Gasteiger charge is -2.36. The molecule has 124 valence electrons. The fraction of sp³-hybridized carbons (Fsp3) is 0.412. The van der Waals surface area contributed by atoms with Gasteiger partial charge in [0.2, 0.25) is 5.91 Å². The number of hydrogen-bond acceptors (Lipinski definition) is 3. The Kier molecular flexibility index (Phi) is 6.19. The Morgan fingerprint density at radius 2 is 1.96 bits per heavy atom. The second kappa shape index (κ2) is 8.13.